The van der Waals surface area contributed by atoms with Crippen molar-refractivity contribution in [2.75, 3.05) is 0 Å². The molecule has 6 nitrogen and oxygen atoms in total. The SMILES string of the molecule is CC(C)(C)OC(=O)CCc1cccc(-c2cc(C#N)cc(COc3ccccc3CC(=O)OC(C)(C)C)c2)c1. The molecule has 6 heteroatoms. The zero-order valence-electron chi connectivity index (χ0n) is 23.7. The highest BCUT2D eigenvalue weighted by Gasteiger charge is 2.18. The van der Waals surface area contributed by atoms with E-state index in [1.54, 1.807) is 6.07 Å². The lowest BCUT2D eigenvalue weighted by atomic mass is 9.97. The maximum Gasteiger partial charge on any atom is 0.310 e. The monoisotopic (exact) mass is 527 g/mol. The highest BCUT2D eigenvalue weighted by molar-refractivity contribution is 5.74. The molecular formula is C33H37NO5. The molecule has 0 heterocycles. The number of esters is 2. The number of benzene rings is 3. The molecule has 0 fully saturated rings. The van der Waals surface area contributed by atoms with Gasteiger partial charge in [0.15, 0.2) is 0 Å². The fourth-order valence-electron chi connectivity index (χ4n) is 4.04. The van der Waals surface area contributed by atoms with Crippen molar-refractivity contribution in [3.63, 3.8) is 0 Å². The number of hydrogen-bond donors (Lipinski definition) is 0. The van der Waals surface area contributed by atoms with E-state index in [0.29, 0.717) is 24.2 Å². The van der Waals surface area contributed by atoms with Crippen molar-refractivity contribution in [1.82, 2.24) is 0 Å². The van der Waals surface area contributed by atoms with Crippen molar-refractivity contribution in [2.45, 2.75) is 78.6 Å². The predicted octanol–water partition coefficient (Wildman–Crippen LogP) is 6.96. The lowest BCUT2D eigenvalue weighted by molar-refractivity contribution is -0.155. The van der Waals surface area contributed by atoms with Crippen molar-refractivity contribution >= 4 is 11.9 Å². The van der Waals surface area contributed by atoms with E-state index in [-0.39, 0.29) is 25.0 Å². The summed E-state index contributed by atoms with van der Waals surface area (Å²) in [6.07, 6.45) is 0.957. The van der Waals surface area contributed by atoms with Crippen LogP contribution in [-0.4, -0.2) is 23.1 Å². The van der Waals surface area contributed by atoms with Crippen LogP contribution in [0, 0.1) is 11.3 Å². The van der Waals surface area contributed by atoms with Crippen molar-refractivity contribution in [3.8, 4) is 22.9 Å². The number of carbonyl (C=O) groups excluding carboxylic acids is 2. The lowest BCUT2D eigenvalue weighted by Crippen LogP contribution is -2.25. The van der Waals surface area contributed by atoms with Crippen LogP contribution in [0.3, 0.4) is 0 Å². The Balaban J connectivity index is 1.75. The number of nitriles is 1. The largest absolute Gasteiger partial charge is 0.489 e. The summed E-state index contributed by atoms with van der Waals surface area (Å²) in [6, 6.07) is 23.2. The molecule has 0 aliphatic rings. The van der Waals surface area contributed by atoms with Gasteiger partial charge in [-0.3, -0.25) is 9.59 Å². The van der Waals surface area contributed by atoms with E-state index >= 15 is 0 Å². The summed E-state index contributed by atoms with van der Waals surface area (Å²) in [4.78, 5) is 24.5. The first-order valence-corrected chi connectivity index (χ1v) is 13.1. The van der Waals surface area contributed by atoms with Crippen LogP contribution < -0.4 is 4.74 Å². The normalized spacial score (nSPS) is 11.4. The lowest BCUT2D eigenvalue weighted by Gasteiger charge is -2.20. The molecule has 0 aliphatic heterocycles. The first-order chi connectivity index (χ1) is 18.3. The molecule has 0 aliphatic carbocycles. The zero-order valence-corrected chi connectivity index (χ0v) is 23.7. The molecule has 0 saturated heterocycles. The van der Waals surface area contributed by atoms with E-state index in [1.807, 2.05) is 102 Å². The van der Waals surface area contributed by atoms with Gasteiger partial charge in [0.2, 0.25) is 0 Å². The first kappa shape index (κ1) is 29.4. The third-order valence-electron chi connectivity index (χ3n) is 5.54. The van der Waals surface area contributed by atoms with Crippen molar-refractivity contribution in [1.29, 1.82) is 5.26 Å². The van der Waals surface area contributed by atoms with Crippen LogP contribution >= 0.6 is 0 Å². The molecule has 0 saturated carbocycles. The van der Waals surface area contributed by atoms with Crippen molar-refractivity contribution in [2.24, 2.45) is 0 Å². The van der Waals surface area contributed by atoms with Crippen LogP contribution in [0.15, 0.2) is 66.7 Å². The molecular weight excluding hydrogens is 490 g/mol. The van der Waals surface area contributed by atoms with Gasteiger partial charge in [0, 0.05) is 12.0 Å². The van der Waals surface area contributed by atoms with Crippen LogP contribution in [0.25, 0.3) is 11.1 Å². The van der Waals surface area contributed by atoms with Crippen molar-refractivity contribution < 1.29 is 23.8 Å². The second-order valence-electron chi connectivity index (χ2n) is 11.5. The van der Waals surface area contributed by atoms with Gasteiger partial charge < -0.3 is 14.2 Å². The number of nitrogens with zero attached hydrogens (tertiary/aromatic N) is 1. The Kier molecular flexibility index (Phi) is 9.53. The van der Waals surface area contributed by atoms with Gasteiger partial charge in [-0.2, -0.15) is 5.26 Å². The summed E-state index contributed by atoms with van der Waals surface area (Å²) in [5, 5.41) is 9.65. The highest BCUT2D eigenvalue weighted by Crippen LogP contribution is 2.26. The zero-order chi connectivity index (χ0) is 28.6. The molecule has 0 atom stereocenters. The topological polar surface area (TPSA) is 85.6 Å². The van der Waals surface area contributed by atoms with Gasteiger partial charge >= 0.3 is 11.9 Å². The minimum Gasteiger partial charge on any atom is -0.489 e. The number of aryl methyl sites for hydroxylation is 1. The number of hydrogen-bond acceptors (Lipinski definition) is 6. The Labute approximate surface area is 231 Å². The number of ether oxygens (including phenoxy) is 3. The van der Waals surface area contributed by atoms with Gasteiger partial charge in [0.1, 0.15) is 23.6 Å². The molecule has 0 spiro atoms. The van der Waals surface area contributed by atoms with E-state index in [9.17, 15) is 14.9 Å². The first-order valence-electron chi connectivity index (χ1n) is 13.1. The average molecular weight is 528 g/mol. The van der Waals surface area contributed by atoms with E-state index < -0.39 is 11.2 Å². The molecule has 0 amide bonds. The Morgan fingerprint density at radius 1 is 0.769 bits per heavy atom. The Morgan fingerprint density at radius 3 is 2.13 bits per heavy atom. The molecule has 3 rings (SSSR count). The number of para-hydroxylation sites is 1. The van der Waals surface area contributed by atoms with E-state index in [0.717, 1.165) is 27.8 Å². The minimum atomic E-state index is -0.561. The molecule has 204 valence electrons. The molecule has 0 bridgehead atoms. The van der Waals surface area contributed by atoms with Gasteiger partial charge in [-0.15, -0.1) is 0 Å². The van der Waals surface area contributed by atoms with Gasteiger partial charge in [0.25, 0.3) is 0 Å². The summed E-state index contributed by atoms with van der Waals surface area (Å²) in [5.74, 6) is 0.0426. The molecule has 0 radical (unpaired) electrons. The summed E-state index contributed by atoms with van der Waals surface area (Å²) >= 11 is 0. The number of rotatable bonds is 9. The van der Waals surface area contributed by atoms with E-state index in [1.165, 1.54) is 0 Å². The maximum atomic E-state index is 12.4. The summed E-state index contributed by atoms with van der Waals surface area (Å²) in [7, 11) is 0. The Hall–Kier alpha value is -4.11. The Morgan fingerprint density at radius 2 is 1.44 bits per heavy atom. The molecule has 3 aromatic rings. The van der Waals surface area contributed by atoms with Gasteiger partial charge in [0.05, 0.1) is 18.1 Å². The molecule has 0 aromatic heterocycles. The molecule has 0 N–H and O–H groups in total. The molecule has 39 heavy (non-hydrogen) atoms. The third kappa shape index (κ3) is 9.94. The Bertz CT molecular complexity index is 1360. The summed E-state index contributed by atoms with van der Waals surface area (Å²) in [5.41, 5.74) is 3.85. The second kappa shape index (κ2) is 12.6. The maximum absolute atomic E-state index is 12.4. The van der Waals surface area contributed by atoms with E-state index in [4.69, 9.17) is 14.2 Å². The number of carbonyl (C=O) groups is 2. The molecule has 3 aromatic carbocycles. The molecule has 0 unspecified atom stereocenters. The van der Waals surface area contributed by atoms with Crippen LogP contribution in [0.2, 0.25) is 0 Å². The van der Waals surface area contributed by atoms with Gasteiger partial charge in [-0.25, -0.2) is 0 Å². The minimum absolute atomic E-state index is 0.104. The van der Waals surface area contributed by atoms with E-state index in [2.05, 4.69) is 6.07 Å². The second-order valence-corrected chi connectivity index (χ2v) is 11.5. The average Bonchev–Trinajstić information content (AvgIpc) is 2.85. The standard InChI is InChI=1S/C33H37NO5/c1-32(2,3)38-30(35)15-14-23-10-9-12-26(17-23)28-18-24(21-34)16-25(19-28)22-37-29-13-8-7-11-27(29)20-31(36)39-33(4,5)6/h7-13,16-19H,14-15,20,22H2,1-6H3. The highest BCUT2D eigenvalue weighted by atomic mass is 16.6. The van der Waals surface area contributed by atoms with Crippen LogP contribution in [-0.2, 0) is 38.5 Å². The predicted molar refractivity (Wildman–Crippen MR) is 151 cm³/mol. The van der Waals surface area contributed by atoms with Crippen LogP contribution in [0.5, 0.6) is 5.75 Å². The summed E-state index contributed by atoms with van der Waals surface area (Å²) in [6.45, 7) is 11.3. The van der Waals surface area contributed by atoms with Crippen LogP contribution in [0.4, 0.5) is 0 Å². The fraction of sp³-hybridized carbons (Fsp3) is 0.364. The fourth-order valence-corrected chi connectivity index (χ4v) is 4.04. The smallest absolute Gasteiger partial charge is 0.310 e. The van der Waals surface area contributed by atoms with Crippen LogP contribution in [0.1, 0.15) is 70.2 Å². The third-order valence-corrected chi connectivity index (χ3v) is 5.54. The van der Waals surface area contributed by atoms with Gasteiger partial charge in [-0.1, -0.05) is 42.5 Å². The quantitative estimate of drug-likeness (QED) is 0.280. The summed E-state index contributed by atoms with van der Waals surface area (Å²) < 4.78 is 17.0. The van der Waals surface area contributed by atoms with Crippen molar-refractivity contribution in [3.05, 3.63) is 89.0 Å². The van der Waals surface area contributed by atoms with Gasteiger partial charge in [-0.05, 0) is 94.5 Å².